The van der Waals surface area contributed by atoms with E-state index in [0.29, 0.717) is 23.4 Å². The Morgan fingerprint density at radius 3 is 2.45 bits per heavy atom. The minimum absolute atomic E-state index is 0.384. The van der Waals surface area contributed by atoms with Gasteiger partial charge in [-0.05, 0) is 12.8 Å². The lowest BCUT2D eigenvalue weighted by Gasteiger charge is -2.16. The highest BCUT2D eigenvalue weighted by Gasteiger charge is 2.42. The number of nitrogens with zero attached hydrogens (tertiary/aromatic N) is 3. The Hall–Kier alpha value is -1.92. The van der Waals surface area contributed by atoms with Crippen LogP contribution in [0.3, 0.4) is 0 Å². The number of hydrogen-bond acceptors (Lipinski definition) is 2. The summed E-state index contributed by atoms with van der Waals surface area (Å²) in [6.45, 7) is 0.811. The van der Waals surface area contributed by atoms with Gasteiger partial charge in [0.25, 0.3) is 0 Å². The lowest BCUT2D eigenvalue weighted by Crippen LogP contribution is -2.32. The smallest absolute Gasteiger partial charge is 0.238 e. The fourth-order valence-electron chi connectivity index (χ4n) is 2.15. The second-order valence-corrected chi connectivity index (χ2v) is 5.07. The summed E-state index contributed by atoms with van der Waals surface area (Å²) in [4.78, 5) is 0. The summed E-state index contributed by atoms with van der Waals surface area (Å²) in [6.07, 6.45) is -1.43. The van der Waals surface area contributed by atoms with Crippen LogP contribution in [0.1, 0.15) is 25.5 Å². The van der Waals surface area contributed by atoms with Gasteiger partial charge >= 0.3 is 12.3 Å². The normalized spacial score (nSPS) is 12.1. The summed E-state index contributed by atoms with van der Waals surface area (Å²) in [5.74, 6) is -4.14. The maximum absolute atomic E-state index is 13.4. The molecule has 1 aromatic carbocycles. The Morgan fingerprint density at radius 1 is 1.18 bits per heavy atom. The van der Waals surface area contributed by atoms with Gasteiger partial charge in [-0.15, -0.1) is 5.10 Å². The molecule has 0 spiro atoms. The van der Waals surface area contributed by atoms with Gasteiger partial charge < -0.3 is 0 Å². The van der Waals surface area contributed by atoms with Crippen LogP contribution in [0.5, 0.6) is 0 Å². The second-order valence-electron chi connectivity index (χ2n) is 5.07. The highest BCUT2D eigenvalue weighted by atomic mass is 19.3. The summed E-state index contributed by atoms with van der Waals surface area (Å²) in [6, 6.07) is 8.75. The van der Waals surface area contributed by atoms with E-state index in [1.54, 1.807) is 30.3 Å². The van der Waals surface area contributed by atoms with Crippen molar-refractivity contribution < 1.29 is 17.6 Å². The molecule has 0 unspecified atom stereocenters. The van der Waals surface area contributed by atoms with E-state index in [0.717, 1.165) is 17.5 Å². The molecule has 0 N–H and O–H groups in total. The van der Waals surface area contributed by atoms with E-state index in [2.05, 4.69) is 10.3 Å². The lowest BCUT2D eigenvalue weighted by atomic mass is 10.1. The summed E-state index contributed by atoms with van der Waals surface area (Å²) >= 11 is 0. The summed E-state index contributed by atoms with van der Waals surface area (Å²) in [5, 5.41) is 7.57. The number of unbranched alkanes of at least 4 members (excludes halogenated alkanes) is 1. The third-order valence-corrected chi connectivity index (χ3v) is 3.30. The minimum atomic E-state index is -4.14. The molecule has 2 rings (SSSR count). The number of halogens is 4. The molecule has 1 aromatic heterocycles. The van der Waals surface area contributed by atoms with E-state index in [-0.39, 0.29) is 0 Å². The zero-order chi connectivity index (χ0) is 16.2. The van der Waals surface area contributed by atoms with Crippen LogP contribution in [0.2, 0.25) is 0 Å². The molecule has 120 valence electrons. The quantitative estimate of drug-likeness (QED) is 0.717. The van der Waals surface area contributed by atoms with Crippen molar-refractivity contribution in [2.75, 3.05) is 0 Å². The van der Waals surface area contributed by atoms with Gasteiger partial charge in [0.15, 0.2) is 0 Å². The van der Waals surface area contributed by atoms with Crippen LogP contribution in [-0.4, -0.2) is 27.3 Å². The van der Waals surface area contributed by atoms with E-state index in [4.69, 9.17) is 0 Å². The van der Waals surface area contributed by atoms with E-state index < -0.39 is 18.9 Å². The predicted octanol–water partition coefficient (Wildman–Crippen LogP) is 4.19. The molecule has 3 nitrogen and oxygen atoms in total. The number of hydrogen-bond donors (Lipinski definition) is 0. The van der Waals surface area contributed by atoms with Crippen LogP contribution in [0.15, 0.2) is 30.3 Å². The molecule has 22 heavy (non-hydrogen) atoms. The highest BCUT2D eigenvalue weighted by Crippen LogP contribution is 2.29. The van der Waals surface area contributed by atoms with Crippen LogP contribution in [0.4, 0.5) is 17.6 Å². The van der Waals surface area contributed by atoms with Gasteiger partial charge in [-0.1, -0.05) is 48.9 Å². The molecule has 0 atom stereocenters. The topological polar surface area (TPSA) is 30.7 Å². The Balaban J connectivity index is 2.40. The van der Waals surface area contributed by atoms with E-state index in [9.17, 15) is 17.6 Å². The van der Waals surface area contributed by atoms with Crippen molar-refractivity contribution in [1.82, 2.24) is 15.0 Å². The summed E-state index contributed by atoms with van der Waals surface area (Å²) in [7, 11) is 0. The lowest BCUT2D eigenvalue weighted by molar-refractivity contribution is -0.139. The average Bonchev–Trinajstić information content (AvgIpc) is 2.87. The van der Waals surface area contributed by atoms with E-state index in [1.807, 2.05) is 6.92 Å². The SMILES string of the molecule is CCCCc1nnn(CC(F)(F)C(F)F)c1-c1ccccc1. The van der Waals surface area contributed by atoms with Gasteiger partial charge in [0.05, 0.1) is 11.4 Å². The van der Waals surface area contributed by atoms with Gasteiger partial charge in [0.1, 0.15) is 6.54 Å². The van der Waals surface area contributed by atoms with Crippen LogP contribution in [0.25, 0.3) is 11.3 Å². The van der Waals surface area contributed by atoms with Gasteiger partial charge in [0.2, 0.25) is 0 Å². The molecule has 0 radical (unpaired) electrons. The first-order chi connectivity index (χ1) is 10.5. The monoisotopic (exact) mass is 315 g/mol. The fourth-order valence-corrected chi connectivity index (χ4v) is 2.15. The number of aromatic nitrogens is 3. The molecule has 7 heteroatoms. The van der Waals surface area contributed by atoms with Crippen molar-refractivity contribution in [2.45, 2.75) is 45.1 Å². The van der Waals surface area contributed by atoms with Crippen LogP contribution in [-0.2, 0) is 13.0 Å². The molecule has 2 aromatic rings. The van der Waals surface area contributed by atoms with E-state index >= 15 is 0 Å². The fraction of sp³-hybridized carbons (Fsp3) is 0.467. The molecule has 1 heterocycles. The zero-order valence-electron chi connectivity index (χ0n) is 12.1. The molecule has 0 saturated heterocycles. The van der Waals surface area contributed by atoms with Crippen LogP contribution >= 0.6 is 0 Å². The van der Waals surface area contributed by atoms with Crippen molar-refractivity contribution in [2.24, 2.45) is 0 Å². The van der Waals surface area contributed by atoms with Crippen molar-refractivity contribution in [1.29, 1.82) is 0 Å². The summed E-state index contributed by atoms with van der Waals surface area (Å²) in [5.41, 5.74) is 1.58. The third kappa shape index (κ3) is 3.64. The second kappa shape index (κ2) is 6.89. The van der Waals surface area contributed by atoms with Gasteiger partial charge in [0, 0.05) is 5.56 Å². The molecule has 0 bridgehead atoms. The minimum Gasteiger partial charge on any atom is -0.238 e. The maximum Gasteiger partial charge on any atom is 0.326 e. The Kier molecular flexibility index (Phi) is 5.15. The van der Waals surface area contributed by atoms with Crippen LogP contribution in [0, 0.1) is 0 Å². The number of benzene rings is 1. The summed E-state index contributed by atoms with van der Waals surface area (Å²) < 4.78 is 52.4. The first-order valence-electron chi connectivity index (χ1n) is 7.09. The van der Waals surface area contributed by atoms with E-state index in [1.165, 1.54) is 0 Å². The number of rotatable bonds is 7. The maximum atomic E-state index is 13.4. The van der Waals surface area contributed by atoms with Gasteiger partial charge in [-0.2, -0.15) is 8.78 Å². The number of alkyl halides is 4. The van der Waals surface area contributed by atoms with Gasteiger partial charge in [-0.3, -0.25) is 0 Å². The molecule has 0 aliphatic heterocycles. The molecule has 0 aliphatic carbocycles. The van der Waals surface area contributed by atoms with Crippen molar-refractivity contribution in [3.63, 3.8) is 0 Å². The predicted molar refractivity (Wildman–Crippen MR) is 75.0 cm³/mol. The van der Waals surface area contributed by atoms with Crippen LogP contribution < -0.4 is 0 Å². The molecular weight excluding hydrogens is 298 g/mol. The van der Waals surface area contributed by atoms with Crippen molar-refractivity contribution >= 4 is 0 Å². The Labute approximate surface area is 126 Å². The van der Waals surface area contributed by atoms with Gasteiger partial charge in [-0.25, -0.2) is 13.5 Å². The first-order valence-corrected chi connectivity index (χ1v) is 7.09. The first kappa shape index (κ1) is 16.5. The standard InChI is InChI=1S/C15H17F4N3/c1-2-3-9-12-13(11-7-5-4-6-8-11)22(21-20-12)10-15(18,19)14(16)17/h4-8,14H,2-3,9-10H2,1H3. The molecule has 0 fully saturated rings. The zero-order valence-corrected chi connectivity index (χ0v) is 12.1. The number of aryl methyl sites for hydroxylation is 1. The molecular formula is C15H17F4N3. The highest BCUT2D eigenvalue weighted by molar-refractivity contribution is 5.61. The van der Waals surface area contributed by atoms with Crippen molar-refractivity contribution in [3.05, 3.63) is 36.0 Å². The Morgan fingerprint density at radius 2 is 1.86 bits per heavy atom. The molecule has 0 saturated carbocycles. The van der Waals surface area contributed by atoms with Crippen molar-refractivity contribution in [3.8, 4) is 11.3 Å². The molecule has 0 amide bonds. The molecule has 0 aliphatic rings. The largest absolute Gasteiger partial charge is 0.326 e. The average molecular weight is 315 g/mol. The Bertz CT molecular complexity index is 596. The third-order valence-electron chi connectivity index (χ3n) is 3.30.